The Morgan fingerprint density at radius 3 is 2.08 bits per heavy atom. The van der Waals surface area contributed by atoms with Crippen LogP contribution in [-0.2, 0) is 6.42 Å². The number of hydrogen-bond donors (Lipinski definition) is 0. The van der Waals surface area contributed by atoms with E-state index in [1.165, 1.54) is 16.7 Å². The third-order valence-corrected chi connectivity index (χ3v) is 9.94. The van der Waals surface area contributed by atoms with E-state index in [1.807, 2.05) is 18.2 Å². The van der Waals surface area contributed by atoms with Gasteiger partial charge in [-0.1, -0.05) is 128 Å². The van der Waals surface area contributed by atoms with E-state index in [-0.39, 0.29) is 0 Å². The van der Waals surface area contributed by atoms with Crippen molar-refractivity contribution >= 4 is 50.3 Å². The highest BCUT2D eigenvalue weighted by molar-refractivity contribution is 6.06. The van der Waals surface area contributed by atoms with E-state index < -0.39 is 0 Å². The van der Waals surface area contributed by atoms with Gasteiger partial charge in [0, 0.05) is 39.6 Å². The van der Waals surface area contributed by atoms with Gasteiger partial charge in [-0.05, 0) is 100 Å². The maximum atomic E-state index is 6.18. The smallest absolute Gasteiger partial charge is 0.135 e. The summed E-state index contributed by atoms with van der Waals surface area (Å²) in [6.07, 6.45) is 17.6. The SMILES string of the molecule is C=C1/C=C\C=C/N(c2ccc(-c3ccccc3)cc2)c2cc(-c3ccc4c(c3)N(c3ccc5oc6ccccc6c5c3)C(=C)/C=C\C=C/C4)ccc21. The van der Waals surface area contributed by atoms with Gasteiger partial charge in [0.25, 0.3) is 0 Å². The van der Waals surface area contributed by atoms with Crippen LogP contribution in [0.1, 0.15) is 11.1 Å². The molecule has 3 heteroatoms. The van der Waals surface area contributed by atoms with Crippen LogP contribution in [0.4, 0.5) is 22.7 Å². The van der Waals surface area contributed by atoms with Gasteiger partial charge in [-0.15, -0.1) is 0 Å². The summed E-state index contributed by atoms with van der Waals surface area (Å²) in [5.74, 6) is 0. The van der Waals surface area contributed by atoms with Gasteiger partial charge in [-0.2, -0.15) is 0 Å². The average Bonchev–Trinajstić information content (AvgIpc) is 3.58. The first-order valence-corrected chi connectivity index (χ1v) is 17.6. The molecule has 0 N–H and O–H groups in total. The predicted octanol–water partition coefficient (Wildman–Crippen LogP) is 13.5. The topological polar surface area (TPSA) is 19.6 Å². The van der Waals surface area contributed by atoms with E-state index in [0.29, 0.717) is 0 Å². The summed E-state index contributed by atoms with van der Waals surface area (Å²) >= 11 is 0. The quantitative estimate of drug-likeness (QED) is 0.186. The highest BCUT2D eigenvalue weighted by Gasteiger charge is 2.21. The van der Waals surface area contributed by atoms with E-state index in [9.17, 15) is 0 Å². The van der Waals surface area contributed by atoms with Crippen molar-refractivity contribution in [3.63, 3.8) is 0 Å². The van der Waals surface area contributed by atoms with Crippen molar-refractivity contribution in [1.82, 2.24) is 0 Å². The van der Waals surface area contributed by atoms with Gasteiger partial charge in [0.1, 0.15) is 11.2 Å². The molecule has 2 aliphatic rings. The second-order valence-corrected chi connectivity index (χ2v) is 13.2. The lowest BCUT2D eigenvalue weighted by molar-refractivity contribution is 0.669. The minimum absolute atomic E-state index is 0.800. The van der Waals surface area contributed by atoms with Crippen LogP contribution in [0, 0.1) is 0 Å². The molecule has 0 saturated carbocycles. The molecule has 1 aromatic heterocycles. The van der Waals surface area contributed by atoms with Gasteiger partial charge < -0.3 is 14.2 Å². The summed E-state index contributed by atoms with van der Waals surface area (Å²) in [5, 5.41) is 2.19. The number of benzene rings is 6. The summed E-state index contributed by atoms with van der Waals surface area (Å²) in [4.78, 5) is 4.53. The molecule has 248 valence electrons. The van der Waals surface area contributed by atoms with Gasteiger partial charge in [-0.25, -0.2) is 0 Å². The molecule has 3 nitrogen and oxygen atoms in total. The third-order valence-electron chi connectivity index (χ3n) is 9.94. The monoisotopic (exact) mass is 668 g/mol. The van der Waals surface area contributed by atoms with Crippen LogP contribution in [0.5, 0.6) is 0 Å². The molecule has 3 heterocycles. The molecular weight excluding hydrogens is 633 g/mol. The first-order valence-electron chi connectivity index (χ1n) is 17.6. The molecule has 2 aliphatic heterocycles. The summed E-state index contributed by atoms with van der Waals surface area (Å²) in [7, 11) is 0. The lowest BCUT2D eigenvalue weighted by Gasteiger charge is -2.29. The maximum absolute atomic E-state index is 6.18. The number of para-hydroxylation sites is 1. The molecule has 0 spiro atoms. The van der Waals surface area contributed by atoms with Crippen LogP contribution >= 0.6 is 0 Å². The van der Waals surface area contributed by atoms with Gasteiger partial charge in [0.05, 0.1) is 11.4 Å². The molecule has 0 bridgehead atoms. The number of anilines is 4. The number of nitrogens with zero attached hydrogens (tertiary/aromatic N) is 2. The molecule has 6 aromatic carbocycles. The zero-order valence-corrected chi connectivity index (χ0v) is 28.7. The second kappa shape index (κ2) is 13.1. The predicted molar refractivity (Wildman–Crippen MR) is 220 cm³/mol. The van der Waals surface area contributed by atoms with E-state index in [2.05, 4.69) is 187 Å². The highest BCUT2D eigenvalue weighted by Crippen LogP contribution is 2.42. The number of allylic oxidation sites excluding steroid dienone is 8. The number of fused-ring (bicyclic) bond motifs is 5. The van der Waals surface area contributed by atoms with Crippen molar-refractivity contribution in [2.75, 3.05) is 9.80 Å². The Hall–Kier alpha value is -6.84. The molecule has 0 unspecified atom stereocenters. The average molecular weight is 669 g/mol. The third kappa shape index (κ3) is 5.69. The van der Waals surface area contributed by atoms with Crippen LogP contribution in [0.25, 0.3) is 49.8 Å². The first kappa shape index (κ1) is 31.2. The Labute approximate surface area is 304 Å². The summed E-state index contributed by atoms with van der Waals surface area (Å²) in [6, 6.07) is 47.4. The van der Waals surface area contributed by atoms with Crippen LogP contribution in [0.3, 0.4) is 0 Å². The van der Waals surface area contributed by atoms with E-state index >= 15 is 0 Å². The fourth-order valence-electron chi connectivity index (χ4n) is 7.28. The Balaban J connectivity index is 1.16. The maximum Gasteiger partial charge on any atom is 0.135 e. The van der Waals surface area contributed by atoms with Crippen LogP contribution in [0.2, 0.25) is 0 Å². The van der Waals surface area contributed by atoms with Crippen LogP contribution in [-0.4, -0.2) is 0 Å². The highest BCUT2D eigenvalue weighted by atomic mass is 16.3. The van der Waals surface area contributed by atoms with Crippen LogP contribution < -0.4 is 9.80 Å². The Morgan fingerprint density at radius 2 is 1.21 bits per heavy atom. The standard InChI is InChI=1S/C49H36N2O/c1-34-13-11-12-30-50(41-25-22-37(23-26-41)36-15-6-4-7-16-36)47-32-40(24-28-43(34)47)39-21-20-38-17-8-3-5-14-35(2)51(46(38)31-39)42-27-29-49-45(33-42)44-18-9-10-19-48(44)52-49/h3-16,18-33H,1-2,17H2/b8-3-,13-11-,14-5-,30-12-. The largest absolute Gasteiger partial charge is 0.456 e. The van der Waals surface area contributed by atoms with Crippen molar-refractivity contribution < 1.29 is 4.42 Å². The molecular formula is C49H36N2O. The fourth-order valence-corrected chi connectivity index (χ4v) is 7.28. The number of furan rings is 1. The van der Waals surface area contributed by atoms with Crippen molar-refractivity contribution in [2.45, 2.75) is 6.42 Å². The Kier molecular flexibility index (Phi) is 7.87. The molecule has 0 radical (unpaired) electrons. The minimum atomic E-state index is 0.800. The van der Waals surface area contributed by atoms with E-state index in [4.69, 9.17) is 4.42 Å². The van der Waals surface area contributed by atoms with Crippen LogP contribution in [0.15, 0.2) is 205 Å². The zero-order chi connectivity index (χ0) is 35.0. The second-order valence-electron chi connectivity index (χ2n) is 13.2. The van der Waals surface area contributed by atoms with Crippen molar-refractivity contribution in [3.8, 4) is 22.3 Å². The van der Waals surface area contributed by atoms with E-state index in [0.717, 1.165) is 79.1 Å². The van der Waals surface area contributed by atoms with E-state index in [1.54, 1.807) is 0 Å². The van der Waals surface area contributed by atoms with Gasteiger partial charge in [0.2, 0.25) is 0 Å². The molecule has 7 aromatic rings. The summed E-state index contributed by atoms with van der Waals surface area (Å²) in [5.41, 5.74) is 14.8. The molecule has 0 fully saturated rings. The molecule has 0 saturated heterocycles. The van der Waals surface area contributed by atoms with Gasteiger partial charge >= 0.3 is 0 Å². The number of rotatable bonds is 4. The fraction of sp³-hybridized carbons (Fsp3) is 0.0204. The van der Waals surface area contributed by atoms with Crippen molar-refractivity contribution in [1.29, 1.82) is 0 Å². The lowest BCUT2D eigenvalue weighted by atomic mass is 9.95. The minimum Gasteiger partial charge on any atom is -0.456 e. The summed E-state index contributed by atoms with van der Waals surface area (Å²) < 4.78 is 6.18. The van der Waals surface area contributed by atoms with Gasteiger partial charge in [-0.3, -0.25) is 0 Å². The molecule has 9 rings (SSSR count). The normalized spacial score (nSPS) is 16.6. The Bertz CT molecular complexity index is 2630. The number of hydrogen-bond acceptors (Lipinski definition) is 3. The lowest BCUT2D eigenvalue weighted by Crippen LogP contribution is -2.16. The van der Waals surface area contributed by atoms with Crippen molar-refractivity contribution in [2.24, 2.45) is 0 Å². The van der Waals surface area contributed by atoms with Crippen molar-refractivity contribution in [3.05, 3.63) is 212 Å². The molecule has 0 aliphatic carbocycles. The molecule has 0 amide bonds. The molecule has 52 heavy (non-hydrogen) atoms. The zero-order valence-electron chi connectivity index (χ0n) is 28.7. The molecule has 0 atom stereocenters. The van der Waals surface area contributed by atoms with Gasteiger partial charge in [0.15, 0.2) is 0 Å². The Morgan fingerprint density at radius 1 is 0.519 bits per heavy atom. The first-order chi connectivity index (χ1) is 25.6. The summed E-state index contributed by atoms with van der Waals surface area (Å²) in [6.45, 7) is 8.98.